The van der Waals surface area contributed by atoms with Gasteiger partial charge in [0.2, 0.25) is 0 Å². The van der Waals surface area contributed by atoms with Crippen LogP contribution in [0.2, 0.25) is 0 Å². The van der Waals surface area contributed by atoms with E-state index in [2.05, 4.69) is 26.0 Å². The molecule has 3 heterocycles. The maximum absolute atomic E-state index is 5.10. The largest absolute Gasteiger partial charge is 0.368 e. The average Bonchev–Trinajstić information content (AvgIpc) is 2.86. The van der Waals surface area contributed by atoms with Crippen molar-refractivity contribution in [3.8, 4) is 0 Å². The van der Waals surface area contributed by atoms with Crippen molar-refractivity contribution < 1.29 is 4.52 Å². The summed E-state index contributed by atoms with van der Waals surface area (Å²) in [6, 6.07) is 6.11. The first kappa shape index (κ1) is 12.2. The SMILES string of the molecule is Cc1cc(CN2CCN(c3cccnc3)CC2)no1. The standard InChI is InChI=1S/C14H18N4O/c1-12-9-13(16-19-12)11-17-5-7-18(8-6-17)14-3-2-4-15-10-14/h2-4,9-10H,5-8,11H2,1H3. The van der Waals surface area contributed by atoms with Gasteiger partial charge in [-0.15, -0.1) is 0 Å². The minimum atomic E-state index is 0.873. The smallest absolute Gasteiger partial charge is 0.133 e. The lowest BCUT2D eigenvalue weighted by Gasteiger charge is -2.35. The Kier molecular flexibility index (Phi) is 3.46. The maximum atomic E-state index is 5.10. The number of pyridine rings is 1. The first-order valence-corrected chi connectivity index (χ1v) is 6.61. The molecule has 0 bridgehead atoms. The van der Waals surface area contributed by atoms with Crippen LogP contribution in [0.3, 0.4) is 0 Å². The summed E-state index contributed by atoms with van der Waals surface area (Å²) in [7, 11) is 0. The lowest BCUT2D eigenvalue weighted by Crippen LogP contribution is -2.46. The molecule has 0 radical (unpaired) electrons. The van der Waals surface area contributed by atoms with Gasteiger partial charge in [0.1, 0.15) is 5.76 Å². The van der Waals surface area contributed by atoms with Crippen molar-refractivity contribution in [3.63, 3.8) is 0 Å². The Bertz CT molecular complexity index is 517. The Morgan fingerprint density at radius 1 is 1.26 bits per heavy atom. The Hall–Kier alpha value is -1.88. The minimum Gasteiger partial charge on any atom is -0.368 e. The zero-order valence-corrected chi connectivity index (χ0v) is 11.1. The summed E-state index contributed by atoms with van der Waals surface area (Å²) in [5.74, 6) is 0.879. The van der Waals surface area contributed by atoms with Crippen LogP contribution in [0.5, 0.6) is 0 Å². The fourth-order valence-electron chi connectivity index (χ4n) is 2.43. The number of rotatable bonds is 3. The molecule has 0 unspecified atom stereocenters. The van der Waals surface area contributed by atoms with Gasteiger partial charge in [0.15, 0.2) is 0 Å². The Morgan fingerprint density at radius 3 is 2.74 bits per heavy atom. The van der Waals surface area contributed by atoms with Gasteiger partial charge < -0.3 is 9.42 Å². The highest BCUT2D eigenvalue weighted by Gasteiger charge is 2.18. The number of piperazine rings is 1. The van der Waals surface area contributed by atoms with Crippen molar-refractivity contribution in [2.75, 3.05) is 31.1 Å². The molecule has 0 aromatic carbocycles. The van der Waals surface area contributed by atoms with Gasteiger partial charge in [-0.1, -0.05) is 5.16 Å². The van der Waals surface area contributed by atoms with E-state index in [1.165, 1.54) is 5.69 Å². The third-order valence-electron chi connectivity index (χ3n) is 3.45. The number of hydrogen-bond donors (Lipinski definition) is 0. The van der Waals surface area contributed by atoms with Gasteiger partial charge in [-0.25, -0.2) is 0 Å². The summed E-state index contributed by atoms with van der Waals surface area (Å²) >= 11 is 0. The molecule has 0 N–H and O–H groups in total. The van der Waals surface area contributed by atoms with Crippen molar-refractivity contribution in [1.82, 2.24) is 15.0 Å². The van der Waals surface area contributed by atoms with Gasteiger partial charge >= 0.3 is 0 Å². The van der Waals surface area contributed by atoms with Gasteiger partial charge in [-0.2, -0.15) is 0 Å². The van der Waals surface area contributed by atoms with Gasteiger partial charge in [0.25, 0.3) is 0 Å². The first-order chi connectivity index (χ1) is 9.31. The predicted octanol–water partition coefficient (Wildman–Crippen LogP) is 1.70. The number of hydrogen-bond acceptors (Lipinski definition) is 5. The molecule has 1 aliphatic rings. The highest BCUT2D eigenvalue weighted by atomic mass is 16.5. The second-order valence-corrected chi connectivity index (χ2v) is 4.90. The first-order valence-electron chi connectivity index (χ1n) is 6.61. The van der Waals surface area contributed by atoms with Gasteiger partial charge in [-0.3, -0.25) is 9.88 Å². The van der Waals surface area contributed by atoms with Crippen LogP contribution in [0.1, 0.15) is 11.5 Å². The van der Waals surface area contributed by atoms with E-state index in [0.29, 0.717) is 0 Å². The zero-order valence-electron chi connectivity index (χ0n) is 11.1. The molecular formula is C14H18N4O. The van der Waals surface area contributed by atoms with Gasteiger partial charge in [0, 0.05) is 45.0 Å². The second kappa shape index (κ2) is 5.40. The van der Waals surface area contributed by atoms with E-state index in [4.69, 9.17) is 4.52 Å². The van der Waals surface area contributed by atoms with Gasteiger partial charge in [0.05, 0.1) is 17.6 Å². The van der Waals surface area contributed by atoms with Crippen LogP contribution < -0.4 is 4.90 Å². The summed E-state index contributed by atoms with van der Waals surface area (Å²) in [6.45, 7) is 6.95. The number of anilines is 1. The second-order valence-electron chi connectivity index (χ2n) is 4.90. The molecule has 100 valence electrons. The van der Waals surface area contributed by atoms with Crippen LogP contribution >= 0.6 is 0 Å². The number of nitrogens with zero attached hydrogens (tertiary/aromatic N) is 4. The van der Waals surface area contributed by atoms with E-state index in [9.17, 15) is 0 Å². The summed E-state index contributed by atoms with van der Waals surface area (Å²) < 4.78 is 5.10. The summed E-state index contributed by atoms with van der Waals surface area (Å²) in [4.78, 5) is 8.95. The molecule has 1 saturated heterocycles. The maximum Gasteiger partial charge on any atom is 0.133 e. The molecule has 3 rings (SSSR count). The van der Waals surface area contributed by atoms with E-state index >= 15 is 0 Å². The van der Waals surface area contributed by atoms with Crippen LogP contribution in [0.15, 0.2) is 35.1 Å². The quantitative estimate of drug-likeness (QED) is 0.838. The summed E-state index contributed by atoms with van der Waals surface area (Å²) in [6.07, 6.45) is 3.74. The van der Waals surface area contributed by atoms with Crippen molar-refractivity contribution in [2.45, 2.75) is 13.5 Å². The van der Waals surface area contributed by atoms with Crippen molar-refractivity contribution in [1.29, 1.82) is 0 Å². The van der Waals surface area contributed by atoms with E-state index in [0.717, 1.165) is 44.2 Å². The molecule has 1 fully saturated rings. The third kappa shape index (κ3) is 2.93. The highest BCUT2D eigenvalue weighted by Crippen LogP contribution is 2.15. The lowest BCUT2D eigenvalue weighted by atomic mass is 10.2. The molecule has 0 saturated carbocycles. The average molecular weight is 258 g/mol. The number of aryl methyl sites for hydroxylation is 1. The highest BCUT2D eigenvalue weighted by molar-refractivity contribution is 5.44. The molecular weight excluding hydrogens is 240 g/mol. The van der Waals surface area contributed by atoms with Crippen LogP contribution in [0, 0.1) is 6.92 Å². The summed E-state index contributed by atoms with van der Waals surface area (Å²) in [5.41, 5.74) is 2.23. The van der Waals surface area contributed by atoms with Gasteiger partial charge in [-0.05, 0) is 19.1 Å². The molecule has 0 atom stereocenters. The van der Waals surface area contributed by atoms with E-state index in [1.54, 1.807) is 0 Å². The van der Waals surface area contributed by atoms with Crippen molar-refractivity contribution in [3.05, 3.63) is 42.0 Å². The van der Waals surface area contributed by atoms with Crippen molar-refractivity contribution >= 4 is 5.69 Å². The zero-order chi connectivity index (χ0) is 13.1. The molecule has 0 aliphatic carbocycles. The Labute approximate surface area is 112 Å². The normalized spacial score (nSPS) is 16.8. The monoisotopic (exact) mass is 258 g/mol. The lowest BCUT2D eigenvalue weighted by molar-refractivity contribution is 0.241. The van der Waals surface area contributed by atoms with E-state index in [1.807, 2.05) is 31.5 Å². The van der Waals surface area contributed by atoms with E-state index in [-0.39, 0.29) is 0 Å². The van der Waals surface area contributed by atoms with Crippen LogP contribution in [-0.4, -0.2) is 41.2 Å². The number of aromatic nitrogens is 2. The fourth-order valence-corrected chi connectivity index (χ4v) is 2.43. The van der Waals surface area contributed by atoms with Crippen LogP contribution in [-0.2, 0) is 6.54 Å². The van der Waals surface area contributed by atoms with Crippen molar-refractivity contribution in [2.24, 2.45) is 0 Å². The predicted molar refractivity (Wildman–Crippen MR) is 73.0 cm³/mol. The molecule has 2 aromatic rings. The Morgan fingerprint density at radius 2 is 2.11 bits per heavy atom. The molecule has 5 heteroatoms. The third-order valence-corrected chi connectivity index (χ3v) is 3.45. The van der Waals surface area contributed by atoms with E-state index < -0.39 is 0 Å². The van der Waals surface area contributed by atoms with Crippen LogP contribution in [0.4, 0.5) is 5.69 Å². The van der Waals surface area contributed by atoms with Crippen LogP contribution in [0.25, 0.3) is 0 Å². The minimum absolute atomic E-state index is 0.873. The molecule has 0 amide bonds. The summed E-state index contributed by atoms with van der Waals surface area (Å²) in [5, 5.41) is 4.05. The molecule has 1 aliphatic heterocycles. The topological polar surface area (TPSA) is 45.4 Å². The Balaban J connectivity index is 1.55. The molecule has 0 spiro atoms. The molecule has 19 heavy (non-hydrogen) atoms. The molecule has 5 nitrogen and oxygen atoms in total. The fraction of sp³-hybridized carbons (Fsp3) is 0.429. The molecule has 2 aromatic heterocycles.